The molecule has 0 saturated carbocycles. The van der Waals surface area contributed by atoms with Crippen molar-refractivity contribution in [2.24, 2.45) is 0 Å². The molecule has 16 heavy (non-hydrogen) atoms. The molecule has 0 aromatic carbocycles. The highest BCUT2D eigenvalue weighted by atomic mass is 32.3. The van der Waals surface area contributed by atoms with E-state index in [1.807, 2.05) is 0 Å². The van der Waals surface area contributed by atoms with Gasteiger partial charge in [0.15, 0.2) is 0 Å². The van der Waals surface area contributed by atoms with Crippen LogP contribution in [-0.4, -0.2) is 41.6 Å². The quantitative estimate of drug-likeness (QED) is 0.448. The predicted molar refractivity (Wildman–Crippen MR) is 86.7 cm³/mol. The van der Waals surface area contributed by atoms with Gasteiger partial charge in [0.1, 0.15) is 0 Å². The van der Waals surface area contributed by atoms with Gasteiger partial charge in [-0.25, -0.2) is 10.0 Å². The zero-order chi connectivity index (χ0) is 11.9. The Morgan fingerprint density at radius 3 is 2.38 bits per heavy atom. The minimum Gasteiger partial charge on any atom is -0.241 e. The Labute approximate surface area is 105 Å². The lowest BCUT2D eigenvalue weighted by molar-refractivity contribution is 0.770. The standard InChI is InChI=1S/C14H31PS/c1-4-6-7-11-16(12-8-13-16)14-10-15(3)9-5-2/h9,15H,4-8,10-14H2,1-3H3. The average molecular weight is 262 g/mol. The zero-order valence-electron chi connectivity index (χ0n) is 11.6. The first kappa shape index (κ1) is 14.7. The molecule has 1 saturated heterocycles. The Morgan fingerprint density at radius 1 is 1.12 bits per heavy atom. The van der Waals surface area contributed by atoms with Crippen molar-refractivity contribution in [2.75, 3.05) is 35.8 Å². The van der Waals surface area contributed by atoms with Gasteiger partial charge in [0.25, 0.3) is 0 Å². The molecule has 0 nitrogen and oxygen atoms in total. The minimum atomic E-state index is -0.0835. The molecule has 0 radical (unpaired) electrons. The lowest BCUT2D eigenvalue weighted by atomic mass is 10.3. The van der Waals surface area contributed by atoms with Gasteiger partial charge in [-0.15, -0.1) is 7.55 Å². The Hall–Kier alpha value is 0.650. The summed E-state index contributed by atoms with van der Waals surface area (Å²) in [5.41, 5.74) is 0. The van der Waals surface area contributed by atoms with E-state index in [0.717, 1.165) is 0 Å². The van der Waals surface area contributed by atoms with Crippen LogP contribution in [0.2, 0.25) is 0 Å². The van der Waals surface area contributed by atoms with Crippen LogP contribution in [-0.2, 0) is 0 Å². The van der Waals surface area contributed by atoms with Gasteiger partial charge in [0, 0.05) is 0 Å². The lowest BCUT2D eigenvalue weighted by Gasteiger charge is -2.49. The minimum absolute atomic E-state index is 0.0766. The van der Waals surface area contributed by atoms with Crippen molar-refractivity contribution in [3.63, 3.8) is 0 Å². The average Bonchev–Trinajstić information content (AvgIpc) is 2.21. The Balaban J connectivity index is 2.27. The van der Waals surface area contributed by atoms with Crippen LogP contribution in [0.3, 0.4) is 0 Å². The highest BCUT2D eigenvalue weighted by Gasteiger charge is 2.29. The van der Waals surface area contributed by atoms with Gasteiger partial charge in [-0.1, -0.05) is 32.5 Å². The van der Waals surface area contributed by atoms with Gasteiger partial charge in [-0.05, 0) is 55.1 Å². The topological polar surface area (TPSA) is 0 Å². The van der Waals surface area contributed by atoms with E-state index in [9.17, 15) is 0 Å². The van der Waals surface area contributed by atoms with Gasteiger partial charge in [-0.3, -0.25) is 0 Å². The Morgan fingerprint density at radius 2 is 1.88 bits per heavy atom. The molecule has 1 aliphatic rings. The van der Waals surface area contributed by atoms with Crippen LogP contribution in [0.5, 0.6) is 0 Å². The fraction of sp³-hybridized carbons (Fsp3) is 0.929. The lowest BCUT2D eigenvalue weighted by Crippen LogP contribution is -2.28. The van der Waals surface area contributed by atoms with Gasteiger partial charge in [0.2, 0.25) is 0 Å². The van der Waals surface area contributed by atoms with Gasteiger partial charge >= 0.3 is 0 Å². The molecular formula is C14H31PS. The van der Waals surface area contributed by atoms with Crippen molar-refractivity contribution in [3.05, 3.63) is 0 Å². The molecule has 98 valence electrons. The molecule has 1 aliphatic heterocycles. The second-order valence-electron chi connectivity index (χ2n) is 5.31. The van der Waals surface area contributed by atoms with Crippen LogP contribution >= 0.6 is 17.6 Å². The highest BCUT2D eigenvalue weighted by molar-refractivity contribution is 8.34. The van der Waals surface area contributed by atoms with E-state index in [-0.39, 0.29) is 17.6 Å². The SMILES string of the molecule is CC/C=[PH](/C)CCS1(CCCCC)CCC1. The molecule has 0 aliphatic carbocycles. The van der Waals surface area contributed by atoms with Gasteiger partial charge in [-0.2, -0.15) is 0 Å². The highest BCUT2D eigenvalue weighted by Crippen LogP contribution is 2.57. The van der Waals surface area contributed by atoms with Crippen molar-refractivity contribution < 1.29 is 0 Å². The van der Waals surface area contributed by atoms with Crippen LogP contribution in [0.25, 0.3) is 0 Å². The normalized spacial score (nSPS) is 22.7. The van der Waals surface area contributed by atoms with Crippen molar-refractivity contribution in [1.82, 2.24) is 0 Å². The number of hydrogen-bond acceptors (Lipinski definition) is 0. The summed E-state index contributed by atoms with van der Waals surface area (Å²) >= 11 is 0. The molecule has 1 fully saturated rings. The second-order valence-corrected chi connectivity index (χ2v) is 12.0. The van der Waals surface area contributed by atoms with Crippen LogP contribution < -0.4 is 0 Å². The number of rotatable bonds is 8. The zero-order valence-corrected chi connectivity index (χ0v) is 13.4. The summed E-state index contributed by atoms with van der Waals surface area (Å²) in [6.45, 7) is 7.12. The maximum atomic E-state index is 2.60. The van der Waals surface area contributed by atoms with E-state index in [1.165, 1.54) is 25.7 Å². The first-order chi connectivity index (χ1) is 7.72. The molecule has 2 heteroatoms. The van der Waals surface area contributed by atoms with E-state index in [2.05, 4.69) is 26.3 Å². The maximum Gasteiger partial charge on any atom is -0.0191 e. The third kappa shape index (κ3) is 4.88. The molecule has 1 unspecified atom stereocenters. The summed E-state index contributed by atoms with van der Waals surface area (Å²) in [7, 11) is -0.160. The first-order valence-corrected chi connectivity index (χ1v) is 11.7. The Bertz CT molecular complexity index is 219. The molecule has 0 amide bonds. The largest absolute Gasteiger partial charge is 0.241 e. The molecule has 1 heterocycles. The summed E-state index contributed by atoms with van der Waals surface area (Å²) < 4.78 is 0. The summed E-state index contributed by atoms with van der Waals surface area (Å²) in [6, 6.07) is 0. The van der Waals surface area contributed by atoms with E-state index >= 15 is 0 Å². The van der Waals surface area contributed by atoms with Crippen LogP contribution in [0.1, 0.15) is 46.0 Å². The molecule has 0 N–H and O–H groups in total. The Kier molecular flexibility index (Phi) is 7.24. The second kappa shape index (κ2) is 7.88. The first-order valence-electron chi connectivity index (χ1n) is 7.12. The van der Waals surface area contributed by atoms with Crippen molar-refractivity contribution >= 4 is 23.4 Å². The molecule has 0 aromatic heterocycles. The molecule has 1 rings (SSSR count). The van der Waals surface area contributed by atoms with Crippen LogP contribution in [0, 0.1) is 0 Å². The molecular weight excluding hydrogens is 231 g/mol. The van der Waals surface area contributed by atoms with E-state index < -0.39 is 0 Å². The molecule has 0 spiro atoms. The van der Waals surface area contributed by atoms with Crippen molar-refractivity contribution in [3.8, 4) is 0 Å². The number of unbranched alkanes of at least 4 members (excludes halogenated alkanes) is 2. The van der Waals surface area contributed by atoms with Crippen LogP contribution in [0.4, 0.5) is 0 Å². The monoisotopic (exact) mass is 262 g/mol. The van der Waals surface area contributed by atoms with E-state index in [0.29, 0.717) is 0 Å². The van der Waals surface area contributed by atoms with Crippen molar-refractivity contribution in [1.29, 1.82) is 0 Å². The summed E-state index contributed by atoms with van der Waals surface area (Å²) in [5, 5.41) is 0. The summed E-state index contributed by atoms with van der Waals surface area (Å²) in [6.07, 6.45) is 8.80. The smallest absolute Gasteiger partial charge is 0.0191 e. The molecule has 1 atom stereocenters. The third-order valence-corrected chi connectivity index (χ3v) is 10.9. The fourth-order valence-corrected chi connectivity index (χ4v) is 9.41. The maximum absolute atomic E-state index is 2.60. The van der Waals surface area contributed by atoms with Gasteiger partial charge in [0.05, 0.1) is 0 Å². The predicted octanol–water partition coefficient (Wildman–Crippen LogP) is 4.44. The van der Waals surface area contributed by atoms with E-state index in [1.54, 1.807) is 35.6 Å². The molecule has 0 aromatic rings. The van der Waals surface area contributed by atoms with E-state index in [4.69, 9.17) is 0 Å². The third-order valence-electron chi connectivity index (χ3n) is 3.82. The summed E-state index contributed by atoms with van der Waals surface area (Å²) in [5.74, 6) is 9.08. The molecule has 0 bridgehead atoms. The number of hydrogen-bond donors (Lipinski definition) is 0. The summed E-state index contributed by atoms with van der Waals surface area (Å²) in [4.78, 5) is 0. The van der Waals surface area contributed by atoms with Crippen molar-refractivity contribution in [2.45, 2.75) is 46.0 Å². The van der Waals surface area contributed by atoms with Crippen LogP contribution in [0.15, 0.2) is 0 Å². The van der Waals surface area contributed by atoms with Gasteiger partial charge < -0.3 is 0 Å². The fourth-order valence-electron chi connectivity index (χ4n) is 2.55.